The number of nitrogens with two attached hydrogens (primary N) is 1. The number of anilines is 1. The summed E-state index contributed by atoms with van der Waals surface area (Å²) in [7, 11) is 3.71. The predicted octanol–water partition coefficient (Wildman–Crippen LogP) is 0.934. The molecule has 0 aromatic carbocycles. The molecule has 0 atom stereocenters. The molecule has 6 heteroatoms. The molecule has 0 aliphatic carbocycles. The Morgan fingerprint density at radius 2 is 2.31 bits per heavy atom. The molecule has 1 rings (SSSR count). The van der Waals surface area contributed by atoms with Crippen LogP contribution in [0.1, 0.15) is 0 Å². The highest BCUT2D eigenvalue weighted by Crippen LogP contribution is 2.20. The van der Waals surface area contributed by atoms with E-state index in [4.69, 9.17) is 17.3 Å². The first kappa shape index (κ1) is 9.73. The number of rotatable bonds is 2. The third-order valence-electron chi connectivity index (χ3n) is 1.17. The van der Waals surface area contributed by atoms with Gasteiger partial charge in [-0.1, -0.05) is 11.6 Å². The number of nitrogen functional groups attached to an aromatic ring is 1. The van der Waals surface area contributed by atoms with E-state index in [0.717, 1.165) is 0 Å². The van der Waals surface area contributed by atoms with E-state index in [-0.39, 0.29) is 11.1 Å². The molecule has 13 heavy (non-hydrogen) atoms. The van der Waals surface area contributed by atoms with Crippen LogP contribution in [-0.4, -0.2) is 35.3 Å². The first-order valence-corrected chi connectivity index (χ1v) is 3.96. The zero-order valence-electron chi connectivity index (χ0n) is 7.40. The van der Waals surface area contributed by atoms with Gasteiger partial charge in [0.15, 0.2) is 5.15 Å². The van der Waals surface area contributed by atoms with Gasteiger partial charge in [-0.05, 0) is 0 Å². The molecule has 0 bridgehead atoms. The summed E-state index contributed by atoms with van der Waals surface area (Å²) in [5.41, 5.74) is 5.82. The summed E-state index contributed by atoms with van der Waals surface area (Å²) in [5.74, 6) is 0.147. The van der Waals surface area contributed by atoms with Crippen LogP contribution >= 0.6 is 11.6 Å². The summed E-state index contributed by atoms with van der Waals surface area (Å²) in [4.78, 5) is 13.3. The monoisotopic (exact) mass is 199 g/mol. The van der Waals surface area contributed by atoms with E-state index in [9.17, 15) is 0 Å². The highest BCUT2D eigenvalue weighted by Gasteiger charge is 2.00. The van der Waals surface area contributed by atoms with Crippen molar-refractivity contribution >= 4 is 29.6 Å². The third-order valence-corrected chi connectivity index (χ3v) is 1.45. The Morgan fingerprint density at radius 3 is 2.85 bits per heavy atom. The second kappa shape index (κ2) is 4.04. The van der Waals surface area contributed by atoms with Crippen molar-refractivity contribution < 1.29 is 0 Å². The highest BCUT2D eigenvalue weighted by molar-refractivity contribution is 6.31. The number of hydrogen-bond acceptors (Lipinski definition) is 4. The first-order chi connectivity index (χ1) is 6.09. The van der Waals surface area contributed by atoms with Gasteiger partial charge in [0.1, 0.15) is 5.69 Å². The van der Waals surface area contributed by atoms with Crippen LogP contribution in [0.5, 0.6) is 0 Å². The molecule has 0 unspecified atom stereocenters. The summed E-state index contributed by atoms with van der Waals surface area (Å²) >= 11 is 5.75. The lowest BCUT2D eigenvalue weighted by Crippen LogP contribution is -2.07. The standard InChI is InChI=1S/C7H10ClN5/c1-13(2)4-11-5-3-10-7(9)12-6(5)8/h3-4H,1-2H3,(H2,9,10,12). The molecule has 0 spiro atoms. The van der Waals surface area contributed by atoms with Gasteiger partial charge in [-0.2, -0.15) is 4.98 Å². The zero-order chi connectivity index (χ0) is 9.84. The van der Waals surface area contributed by atoms with Crippen LogP contribution in [0, 0.1) is 0 Å². The van der Waals surface area contributed by atoms with Crippen LogP contribution in [0.2, 0.25) is 5.15 Å². The Morgan fingerprint density at radius 1 is 1.62 bits per heavy atom. The molecule has 5 nitrogen and oxygen atoms in total. The molecular formula is C7H10ClN5. The van der Waals surface area contributed by atoms with Crippen molar-refractivity contribution in [1.82, 2.24) is 14.9 Å². The van der Waals surface area contributed by atoms with Crippen molar-refractivity contribution in [1.29, 1.82) is 0 Å². The number of halogens is 1. The number of aromatic nitrogens is 2. The van der Waals surface area contributed by atoms with E-state index in [1.165, 1.54) is 6.20 Å². The summed E-state index contributed by atoms with van der Waals surface area (Å²) in [6.45, 7) is 0. The van der Waals surface area contributed by atoms with Crippen LogP contribution in [0.15, 0.2) is 11.2 Å². The van der Waals surface area contributed by atoms with Crippen LogP contribution in [0.3, 0.4) is 0 Å². The molecule has 2 N–H and O–H groups in total. The molecule has 0 aliphatic rings. The van der Waals surface area contributed by atoms with Gasteiger partial charge in [-0.3, -0.25) is 0 Å². The molecular weight excluding hydrogens is 190 g/mol. The molecule has 0 saturated carbocycles. The quantitative estimate of drug-likeness (QED) is 0.437. The second-order valence-corrected chi connectivity index (χ2v) is 2.97. The predicted molar refractivity (Wildman–Crippen MR) is 53.3 cm³/mol. The Kier molecular flexibility index (Phi) is 3.02. The Bertz CT molecular complexity index is 323. The zero-order valence-corrected chi connectivity index (χ0v) is 8.15. The second-order valence-electron chi connectivity index (χ2n) is 2.61. The topological polar surface area (TPSA) is 67.4 Å². The lowest BCUT2D eigenvalue weighted by atomic mass is 10.5. The molecule has 1 heterocycles. The van der Waals surface area contributed by atoms with Crippen LogP contribution in [-0.2, 0) is 0 Å². The van der Waals surface area contributed by atoms with Gasteiger partial charge < -0.3 is 10.6 Å². The largest absolute Gasteiger partial charge is 0.369 e. The van der Waals surface area contributed by atoms with E-state index in [0.29, 0.717) is 5.69 Å². The molecule has 70 valence electrons. The Labute approximate surface area is 81.3 Å². The normalized spacial score (nSPS) is 10.7. The van der Waals surface area contributed by atoms with E-state index >= 15 is 0 Å². The first-order valence-electron chi connectivity index (χ1n) is 3.58. The van der Waals surface area contributed by atoms with Crippen LogP contribution < -0.4 is 5.73 Å². The Hall–Kier alpha value is -1.36. The van der Waals surface area contributed by atoms with Crippen molar-refractivity contribution in [2.75, 3.05) is 19.8 Å². The van der Waals surface area contributed by atoms with E-state index in [1.54, 1.807) is 11.2 Å². The molecule has 0 aliphatic heterocycles. The maximum atomic E-state index is 5.75. The maximum absolute atomic E-state index is 5.75. The minimum atomic E-state index is 0.147. The van der Waals surface area contributed by atoms with Gasteiger partial charge >= 0.3 is 0 Å². The van der Waals surface area contributed by atoms with E-state index in [2.05, 4.69) is 15.0 Å². The highest BCUT2D eigenvalue weighted by atomic mass is 35.5. The average Bonchev–Trinajstić information content (AvgIpc) is 2.02. The van der Waals surface area contributed by atoms with Crippen molar-refractivity contribution in [2.24, 2.45) is 4.99 Å². The molecule has 1 aromatic rings. The van der Waals surface area contributed by atoms with Gasteiger partial charge in [0.25, 0.3) is 0 Å². The van der Waals surface area contributed by atoms with E-state index < -0.39 is 0 Å². The number of nitrogens with zero attached hydrogens (tertiary/aromatic N) is 4. The minimum absolute atomic E-state index is 0.147. The lowest BCUT2D eigenvalue weighted by Gasteiger charge is -2.02. The van der Waals surface area contributed by atoms with Gasteiger partial charge in [-0.25, -0.2) is 9.98 Å². The van der Waals surface area contributed by atoms with Gasteiger partial charge in [0.2, 0.25) is 5.95 Å². The van der Waals surface area contributed by atoms with Crippen molar-refractivity contribution in [3.8, 4) is 0 Å². The molecule has 0 fully saturated rings. The molecule has 0 radical (unpaired) electrons. The van der Waals surface area contributed by atoms with Crippen molar-refractivity contribution in [3.63, 3.8) is 0 Å². The van der Waals surface area contributed by atoms with E-state index in [1.807, 2.05) is 14.1 Å². The SMILES string of the molecule is CN(C)C=Nc1cnc(N)nc1Cl. The van der Waals surface area contributed by atoms with Crippen molar-refractivity contribution in [2.45, 2.75) is 0 Å². The maximum Gasteiger partial charge on any atom is 0.221 e. The van der Waals surface area contributed by atoms with Crippen molar-refractivity contribution in [3.05, 3.63) is 11.3 Å². The van der Waals surface area contributed by atoms with Gasteiger partial charge in [0, 0.05) is 14.1 Å². The Balaban J connectivity index is 2.90. The number of aliphatic imine (C=N–C) groups is 1. The average molecular weight is 200 g/mol. The summed E-state index contributed by atoms with van der Waals surface area (Å²) in [5, 5.41) is 0.255. The van der Waals surface area contributed by atoms with Gasteiger partial charge in [0.05, 0.1) is 12.5 Å². The summed E-state index contributed by atoms with van der Waals surface area (Å²) < 4.78 is 0. The smallest absolute Gasteiger partial charge is 0.221 e. The number of hydrogen-bond donors (Lipinski definition) is 1. The third kappa shape index (κ3) is 2.87. The summed E-state index contributed by atoms with van der Waals surface area (Å²) in [6, 6.07) is 0. The molecule has 0 saturated heterocycles. The fourth-order valence-corrected chi connectivity index (χ4v) is 0.816. The molecule has 0 amide bonds. The van der Waals surface area contributed by atoms with Crippen LogP contribution in [0.25, 0.3) is 0 Å². The van der Waals surface area contributed by atoms with Gasteiger partial charge in [-0.15, -0.1) is 0 Å². The molecule has 1 aromatic heterocycles. The fourth-order valence-electron chi connectivity index (χ4n) is 0.632. The fraction of sp³-hybridized carbons (Fsp3) is 0.286. The lowest BCUT2D eigenvalue weighted by molar-refractivity contribution is 0.643. The summed E-state index contributed by atoms with van der Waals surface area (Å²) in [6.07, 6.45) is 3.09. The minimum Gasteiger partial charge on any atom is -0.369 e. The van der Waals surface area contributed by atoms with Crippen LogP contribution in [0.4, 0.5) is 11.6 Å².